The van der Waals surface area contributed by atoms with Crippen LogP contribution >= 0.6 is 22.9 Å². The largest absolute Gasteiger partial charge is 0.192 e. The second-order valence-electron chi connectivity index (χ2n) is 3.05. The van der Waals surface area contributed by atoms with E-state index >= 15 is 0 Å². The summed E-state index contributed by atoms with van der Waals surface area (Å²) < 4.78 is 1.16. The number of hydrogen-bond acceptors (Lipinski definition) is 2. The summed E-state index contributed by atoms with van der Waals surface area (Å²) in [5.41, 5.74) is 1.83. The molecule has 1 aromatic carbocycles. The Morgan fingerprint density at radius 3 is 2.93 bits per heavy atom. The van der Waals surface area contributed by atoms with Gasteiger partial charge < -0.3 is 0 Å². The first-order valence-corrected chi connectivity index (χ1v) is 5.61. The van der Waals surface area contributed by atoms with Crippen LogP contribution in [0.1, 0.15) is 18.1 Å². The topological polar surface area (TPSA) is 23.8 Å². The average molecular weight is 222 g/mol. The fourth-order valence-corrected chi connectivity index (χ4v) is 2.69. The van der Waals surface area contributed by atoms with Gasteiger partial charge in [0.25, 0.3) is 0 Å². The van der Waals surface area contributed by atoms with E-state index in [1.807, 2.05) is 11.4 Å². The zero-order valence-corrected chi connectivity index (χ0v) is 9.25. The molecule has 0 aliphatic rings. The summed E-state index contributed by atoms with van der Waals surface area (Å²) in [6, 6.07) is 6.14. The van der Waals surface area contributed by atoms with Crippen molar-refractivity contribution in [1.82, 2.24) is 0 Å². The molecule has 0 saturated heterocycles. The Morgan fingerprint density at radius 1 is 1.50 bits per heavy atom. The van der Waals surface area contributed by atoms with Gasteiger partial charge in [-0.25, -0.2) is 0 Å². The molecule has 0 fully saturated rings. The quantitative estimate of drug-likeness (QED) is 0.715. The Labute approximate surface area is 91.5 Å². The van der Waals surface area contributed by atoms with E-state index in [0.29, 0.717) is 0 Å². The van der Waals surface area contributed by atoms with Gasteiger partial charge in [0.05, 0.1) is 16.7 Å². The maximum Gasteiger partial charge on any atom is 0.0994 e. The maximum absolute atomic E-state index is 8.95. The van der Waals surface area contributed by atoms with Crippen molar-refractivity contribution in [3.8, 4) is 6.07 Å². The highest BCUT2D eigenvalue weighted by Crippen LogP contribution is 2.32. The van der Waals surface area contributed by atoms with Crippen molar-refractivity contribution < 1.29 is 0 Å². The highest BCUT2D eigenvalue weighted by molar-refractivity contribution is 7.17. The summed E-state index contributed by atoms with van der Waals surface area (Å²) in [4.78, 5) is 0. The smallest absolute Gasteiger partial charge is 0.0994 e. The van der Waals surface area contributed by atoms with Gasteiger partial charge in [0.15, 0.2) is 0 Å². The van der Waals surface area contributed by atoms with Gasteiger partial charge >= 0.3 is 0 Å². The summed E-state index contributed by atoms with van der Waals surface area (Å²) in [5.74, 6) is 0. The number of fused-ring (bicyclic) bond motifs is 1. The number of aryl methyl sites for hydroxylation is 1. The van der Waals surface area contributed by atoms with Gasteiger partial charge in [0.2, 0.25) is 0 Å². The summed E-state index contributed by atoms with van der Waals surface area (Å²) in [7, 11) is 0. The van der Waals surface area contributed by atoms with E-state index in [1.165, 1.54) is 0 Å². The number of hydrogen-bond donors (Lipinski definition) is 0. The van der Waals surface area contributed by atoms with E-state index in [9.17, 15) is 0 Å². The number of halogens is 1. The lowest BCUT2D eigenvalue weighted by Crippen LogP contribution is -1.86. The van der Waals surface area contributed by atoms with Crippen molar-refractivity contribution in [2.24, 2.45) is 0 Å². The lowest BCUT2D eigenvalue weighted by atomic mass is 10.0. The van der Waals surface area contributed by atoms with Crippen LogP contribution in [0.3, 0.4) is 0 Å². The molecule has 0 atom stereocenters. The van der Waals surface area contributed by atoms with E-state index < -0.39 is 0 Å². The van der Waals surface area contributed by atoms with Crippen LogP contribution in [-0.2, 0) is 6.42 Å². The Balaban J connectivity index is 2.79. The summed E-state index contributed by atoms with van der Waals surface area (Å²) in [5, 5.41) is 12.6. The van der Waals surface area contributed by atoms with E-state index in [2.05, 4.69) is 19.1 Å². The molecular formula is C11H8ClNS. The van der Waals surface area contributed by atoms with Crippen LogP contribution in [0.5, 0.6) is 0 Å². The van der Waals surface area contributed by atoms with Crippen molar-refractivity contribution >= 4 is 33.0 Å². The highest BCUT2D eigenvalue weighted by Gasteiger charge is 2.07. The molecule has 0 bridgehead atoms. The molecule has 0 aliphatic heterocycles. The number of nitriles is 1. The zero-order valence-electron chi connectivity index (χ0n) is 7.67. The van der Waals surface area contributed by atoms with Crippen LogP contribution in [0.15, 0.2) is 17.5 Å². The summed E-state index contributed by atoms with van der Waals surface area (Å²) in [6.45, 7) is 2.05. The molecule has 1 heterocycles. The molecule has 70 valence electrons. The SMILES string of the molecule is CCc1cc2scc(Cl)c2cc1C#N. The van der Waals surface area contributed by atoms with Crippen molar-refractivity contribution in [2.45, 2.75) is 13.3 Å². The first kappa shape index (κ1) is 9.51. The lowest BCUT2D eigenvalue weighted by molar-refractivity contribution is 1.13. The van der Waals surface area contributed by atoms with E-state index in [4.69, 9.17) is 16.9 Å². The molecule has 0 aliphatic carbocycles. The minimum Gasteiger partial charge on any atom is -0.192 e. The zero-order chi connectivity index (χ0) is 10.1. The molecule has 1 nitrogen and oxygen atoms in total. The molecule has 14 heavy (non-hydrogen) atoms. The molecule has 0 amide bonds. The van der Waals surface area contributed by atoms with Gasteiger partial charge in [-0.1, -0.05) is 18.5 Å². The van der Waals surface area contributed by atoms with Gasteiger partial charge in [0, 0.05) is 15.5 Å². The van der Waals surface area contributed by atoms with E-state index in [0.717, 1.165) is 32.7 Å². The van der Waals surface area contributed by atoms with Crippen LogP contribution < -0.4 is 0 Å². The Kier molecular flexibility index (Phi) is 2.45. The van der Waals surface area contributed by atoms with Crippen LogP contribution in [-0.4, -0.2) is 0 Å². The van der Waals surface area contributed by atoms with Gasteiger partial charge in [-0.15, -0.1) is 11.3 Å². The fraction of sp³-hybridized carbons (Fsp3) is 0.182. The van der Waals surface area contributed by atoms with Crippen molar-refractivity contribution in [3.63, 3.8) is 0 Å². The van der Waals surface area contributed by atoms with E-state index in [1.54, 1.807) is 11.3 Å². The predicted octanol–water partition coefficient (Wildman–Crippen LogP) is 3.99. The Morgan fingerprint density at radius 2 is 2.29 bits per heavy atom. The number of benzene rings is 1. The summed E-state index contributed by atoms with van der Waals surface area (Å²) in [6.07, 6.45) is 0.883. The Bertz CT molecular complexity index is 522. The standard InChI is InChI=1S/C11H8ClNS/c1-2-7-4-11-9(3-8(7)5-13)10(12)6-14-11/h3-4,6H,2H2,1H3. The van der Waals surface area contributed by atoms with Crippen LogP contribution in [0, 0.1) is 11.3 Å². The Hall–Kier alpha value is -1.04. The number of nitrogens with zero attached hydrogens (tertiary/aromatic N) is 1. The van der Waals surface area contributed by atoms with Crippen LogP contribution in [0.2, 0.25) is 5.02 Å². The molecule has 0 spiro atoms. The van der Waals surface area contributed by atoms with Crippen molar-refractivity contribution in [1.29, 1.82) is 5.26 Å². The van der Waals surface area contributed by atoms with Crippen molar-refractivity contribution in [2.75, 3.05) is 0 Å². The van der Waals surface area contributed by atoms with Gasteiger partial charge in [0.1, 0.15) is 0 Å². The monoisotopic (exact) mass is 221 g/mol. The third-order valence-electron chi connectivity index (χ3n) is 2.25. The van der Waals surface area contributed by atoms with Crippen LogP contribution in [0.4, 0.5) is 0 Å². The highest BCUT2D eigenvalue weighted by atomic mass is 35.5. The summed E-state index contributed by atoms with van der Waals surface area (Å²) >= 11 is 7.62. The second kappa shape index (κ2) is 3.61. The molecule has 3 heteroatoms. The molecule has 0 unspecified atom stereocenters. The molecule has 2 rings (SSSR count). The first-order chi connectivity index (χ1) is 6.76. The van der Waals surface area contributed by atoms with Gasteiger partial charge in [-0.2, -0.15) is 5.26 Å². The van der Waals surface area contributed by atoms with Gasteiger partial charge in [-0.05, 0) is 24.1 Å². The number of rotatable bonds is 1. The molecular weight excluding hydrogens is 214 g/mol. The minimum absolute atomic E-state index is 0.736. The molecule has 0 radical (unpaired) electrons. The normalized spacial score (nSPS) is 10.4. The third-order valence-corrected chi connectivity index (χ3v) is 3.64. The number of thiophene rings is 1. The first-order valence-electron chi connectivity index (χ1n) is 4.36. The van der Waals surface area contributed by atoms with E-state index in [-0.39, 0.29) is 0 Å². The average Bonchev–Trinajstić information content (AvgIpc) is 2.58. The minimum atomic E-state index is 0.736. The van der Waals surface area contributed by atoms with Crippen LogP contribution in [0.25, 0.3) is 10.1 Å². The predicted molar refractivity (Wildman–Crippen MR) is 60.9 cm³/mol. The molecule has 0 saturated carbocycles. The van der Waals surface area contributed by atoms with Gasteiger partial charge in [-0.3, -0.25) is 0 Å². The second-order valence-corrected chi connectivity index (χ2v) is 4.37. The molecule has 1 aromatic heterocycles. The lowest BCUT2D eigenvalue weighted by Gasteiger charge is -2.00. The third kappa shape index (κ3) is 1.39. The maximum atomic E-state index is 8.95. The molecule has 2 aromatic rings. The van der Waals surface area contributed by atoms with Crippen molar-refractivity contribution in [3.05, 3.63) is 33.7 Å². The molecule has 0 N–H and O–H groups in total. The fourth-order valence-electron chi connectivity index (χ4n) is 1.48.